The second-order valence-corrected chi connectivity index (χ2v) is 13.0. The van der Waals surface area contributed by atoms with Gasteiger partial charge in [0, 0.05) is 54.8 Å². The number of pyridine rings is 1. The van der Waals surface area contributed by atoms with E-state index >= 15 is 0 Å². The zero-order valence-corrected chi connectivity index (χ0v) is 28.7. The van der Waals surface area contributed by atoms with E-state index in [-0.39, 0.29) is 64.7 Å². The van der Waals surface area contributed by atoms with Gasteiger partial charge in [0.15, 0.2) is 6.61 Å². The van der Waals surface area contributed by atoms with Crippen LogP contribution in [0, 0.1) is 0 Å². The third-order valence-electron chi connectivity index (χ3n) is 9.40. The number of hydrogen-bond acceptors (Lipinski definition) is 9. The van der Waals surface area contributed by atoms with Crippen molar-refractivity contribution in [3.63, 3.8) is 0 Å². The summed E-state index contributed by atoms with van der Waals surface area (Å²) < 4.78 is 5.65. The topological polar surface area (TPSA) is 202 Å². The molecule has 4 aromatic carbocycles. The van der Waals surface area contributed by atoms with Gasteiger partial charge in [-0.2, -0.15) is 0 Å². The van der Waals surface area contributed by atoms with Gasteiger partial charge < -0.3 is 45.7 Å². The van der Waals surface area contributed by atoms with E-state index in [1.165, 1.54) is 36.4 Å². The van der Waals surface area contributed by atoms with Gasteiger partial charge in [-0.25, -0.2) is 4.79 Å². The van der Waals surface area contributed by atoms with Crippen LogP contribution in [-0.2, 0) is 21.7 Å². The number of aromatic amines is 1. The summed E-state index contributed by atoms with van der Waals surface area (Å²) in [6.07, 6.45) is 0.231. The number of H-pyrrole nitrogens is 1. The molecule has 274 valence electrons. The van der Waals surface area contributed by atoms with Gasteiger partial charge >= 0.3 is 5.97 Å². The molecule has 2 atom stereocenters. The summed E-state index contributed by atoms with van der Waals surface area (Å²) in [6, 6.07) is 27.1. The fourth-order valence-electron chi connectivity index (χ4n) is 6.51. The van der Waals surface area contributed by atoms with E-state index in [4.69, 9.17) is 4.74 Å². The molecule has 0 saturated carbocycles. The monoisotopic (exact) mass is 720 g/mol. The van der Waals surface area contributed by atoms with Crippen molar-refractivity contribution < 1.29 is 39.5 Å². The fraction of sp³-hybridized carbons (Fsp3) is 0.250. The lowest BCUT2D eigenvalue weighted by Gasteiger charge is -2.32. The standard InChI is InChI=1S/C40H40N4O9/c45-33-15-13-31(32-14-16-35(47)43-37(32)33)34(46)23-41-22-25-9-11-26(12-10-25)38(49)44-19-17-29(18-20-44)42-36(48)24-53-30-8-4-7-28(21-30)40(52,39(50)51)27-5-2-1-3-6-27/h1-16,21,29,34,41,45-46,52H,17-20,22-24H2,(H,42,48)(H,43,47)(H,50,51)/t34-,40-/m0/s1. The van der Waals surface area contributed by atoms with E-state index in [0.717, 1.165) is 5.56 Å². The molecule has 7 N–H and O–H groups in total. The third-order valence-corrected chi connectivity index (χ3v) is 9.40. The van der Waals surface area contributed by atoms with E-state index < -0.39 is 17.7 Å². The number of nitrogens with one attached hydrogen (secondary N) is 3. The predicted molar refractivity (Wildman–Crippen MR) is 195 cm³/mol. The summed E-state index contributed by atoms with van der Waals surface area (Å²) in [6.45, 7) is 1.27. The first-order valence-electron chi connectivity index (χ1n) is 17.2. The fourth-order valence-corrected chi connectivity index (χ4v) is 6.51. The van der Waals surface area contributed by atoms with E-state index in [2.05, 4.69) is 15.6 Å². The van der Waals surface area contributed by atoms with Crippen LogP contribution in [0.1, 0.15) is 51.6 Å². The predicted octanol–water partition coefficient (Wildman–Crippen LogP) is 3.18. The smallest absolute Gasteiger partial charge is 0.345 e. The Hall–Kier alpha value is -6.02. The van der Waals surface area contributed by atoms with Crippen molar-refractivity contribution in [1.29, 1.82) is 0 Å². The maximum Gasteiger partial charge on any atom is 0.345 e. The number of fused-ring (bicyclic) bond motifs is 1. The van der Waals surface area contributed by atoms with Crippen molar-refractivity contribution in [2.24, 2.45) is 0 Å². The van der Waals surface area contributed by atoms with Gasteiger partial charge in [0.1, 0.15) is 11.5 Å². The number of ether oxygens (including phenoxy) is 1. The van der Waals surface area contributed by atoms with Gasteiger partial charge in [-0.05, 0) is 65.9 Å². The van der Waals surface area contributed by atoms with Crippen LogP contribution in [0.15, 0.2) is 108 Å². The van der Waals surface area contributed by atoms with Gasteiger partial charge in [-0.1, -0.05) is 60.7 Å². The Kier molecular flexibility index (Phi) is 11.2. The van der Waals surface area contributed by atoms with Crippen molar-refractivity contribution in [3.8, 4) is 11.5 Å². The number of phenolic OH excluding ortho intramolecular Hbond substituents is 1. The maximum atomic E-state index is 13.2. The minimum absolute atomic E-state index is 0.0743. The van der Waals surface area contributed by atoms with E-state index in [9.17, 15) is 39.6 Å². The number of nitrogens with zero attached hydrogens (tertiary/aromatic N) is 1. The van der Waals surface area contributed by atoms with Crippen LogP contribution in [0.4, 0.5) is 0 Å². The van der Waals surface area contributed by atoms with Gasteiger partial charge in [0.05, 0.1) is 11.6 Å². The molecule has 1 aliphatic rings. The van der Waals surface area contributed by atoms with Crippen LogP contribution in [-0.4, -0.2) is 80.4 Å². The molecule has 0 bridgehead atoms. The lowest BCUT2D eigenvalue weighted by atomic mass is 9.86. The van der Waals surface area contributed by atoms with Gasteiger partial charge in [0.2, 0.25) is 11.2 Å². The number of carbonyl (C=O) groups is 3. The number of rotatable bonds is 13. The maximum absolute atomic E-state index is 13.2. The van der Waals surface area contributed by atoms with Crippen molar-refractivity contribution >= 4 is 28.7 Å². The van der Waals surface area contributed by atoms with E-state index in [1.54, 1.807) is 59.5 Å². The summed E-state index contributed by atoms with van der Waals surface area (Å²) in [5.74, 6) is -1.75. The number of amides is 2. The first-order chi connectivity index (χ1) is 25.5. The number of aromatic nitrogens is 1. The average Bonchev–Trinajstić information content (AvgIpc) is 3.17. The highest BCUT2D eigenvalue weighted by molar-refractivity contribution is 5.94. The second kappa shape index (κ2) is 16.1. The van der Waals surface area contributed by atoms with Crippen LogP contribution in [0.3, 0.4) is 0 Å². The van der Waals surface area contributed by atoms with Crippen LogP contribution in [0.2, 0.25) is 0 Å². The molecule has 1 aromatic heterocycles. The summed E-state index contributed by atoms with van der Waals surface area (Å²) in [5, 5.41) is 48.6. The molecule has 0 aliphatic carbocycles. The van der Waals surface area contributed by atoms with Crippen LogP contribution in [0.25, 0.3) is 10.9 Å². The lowest BCUT2D eigenvalue weighted by Crippen LogP contribution is -2.47. The molecule has 13 heteroatoms. The number of likely N-dealkylation sites (tertiary alicyclic amines) is 1. The summed E-state index contributed by atoms with van der Waals surface area (Å²) in [5.41, 5.74) is -0.0706. The summed E-state index contributed by atoms with van der Waals surface area (Å²) in [4.78, 5) is 54.1. The van der Waals surface area contributed by atoms with Gasteiger partial charge in [0.25, 0.3) is 11.8 Å². The minimum Gasteiger partial charge on any atom is -0.506 e. The first kappa shape index (κ1) is 36.8. The average molecular weight is 721 g/mol. The highest BCUT2D eigenvalue weighted by Crippen LogP contribution is 2.32. The molecule has 53 heavy (non-hydrogen) atoms. The van der Waals surface area contributed by atoms with Gasteiger partial charge in [-0.3, -0.25) is 14.4 Å². The number of carboxylic acid groups (broad SMARTS) is 1. The SMILES string of the molecule is O=C(COc1cccc([C@](O)(C(=O)O)c2ccccc2)c1)NC1CCN(C(=O)c2ccc(CNC[C@H](O)c3ccc(O)c4[nH]c(=O)ccc34)cc2)CC1. The zero-order valence-electron chi connectivity index (χ0n) is 28.7. The Bertz CT molecular complexity index is 2150. The third kappa shape index (κ3) is 8.39. The number of hydrogen-bond donors (Lipinski definition) is 7. The molecular weight excluding hydrogens is 680 g/mol. The Morgan fingerprint density at radius 2 is 1.62 bits per heavy atom. The van der Waals surface area contributed by atoms with Crippen molar-refractivity contribution in [3.05, 3.63) is 141 Å². The van der Waals surface area contributed by atoms with Crippen LogP contribution in [0.5, 0.6) is 11.5 Å². The quantitative estimate of drug-likeness (QED) is 0.0948. The number of phenols is 1. The summed E-state index contributed by atoms with van der Waals surface area (Å²) in [7, 11) is 0. The number of aliphatic hydroxyl groups is 2. The number of aliphatic carboxylic acids is 1. The molecule has 0 spiro atoms. The molecule has 0 radical (unpaired) electrons. The first-order valence-corrected chi connectivity index (χ1v) is 17.2. The highest BCUT2D eigenvalue weighted by atomic mass is 16.5. The van der Waals surface area contributed by atoms with Crippen molar-refractivity contribution in [1.82, 2.24) is 20.5 Å². The number of benzene rings is 4. The Morgan fingerprint density at radius 3 is 2.34 bits per heavy atom. The number of aliphatic hydroxyl groups excluding tert-OH is 1. The lowest BCUT2D eigenvalue weighted by molar-refractivity contribution is -0.155. The molecule has 13 nitrogen and oxygen atoms in total. The molecule has 5 aromatic rings. The van der Waals surface area contributed by atoms with Crippen LogP contribution >= 0.6 is 0 Å². The van der Waals surface area contributed by atoms with Crippen molar-refractivity contribution in [2.45, 2.75) is 37.1 Å². The number of piperidine rings is 1. The van der Waals surface area contributed by atoms with E-state index in [1.807, 2.05) is 12.1 Å². The minimum atomic E-state index is -2.30. The molecule has 2 amide bonds. The largest absolute Gasteiger partial charge is 0.506 e. The summed E-state index contributed by atoms with van der Waals surface area (Å²) >= 11 is 0. The Balaban J connectivity index is 0.942. The normalized spacial score (nSPS) is 15.0. The molecule has 6 rings (SSSR count). The zero-order chi connectivity index (χ0) is 37.5. The van der Waals surface area contributed by atoms with E-state index in [0.29, 0.717) is 49.0 Å². The molecule has 1 fully saturated rings. The molecule has 1 saturated heterocycles. The highest BCUT2D eigenvalue weighted by Gasteiger charge is 2.40. The van der Waals surface area contributed by atoms with Crippen LogP contribution < -0.4 is 20.9 Å². The number of aromatic hydroxyl groups is 1. The Labute approximate surface area is 304 Å². The molecular formula is C40H40N4O9. The molecule has 0 unspecified atom stereocenters. The second-order valence-electron chi connectivity index (χ2n) is 13.0. The number of carbonyl (C=O) groups excluding carboxylic acids is 2. The van der Waals surface area contributed by atoms with Gasteiger partial charge in [-0.15, -0.1) is 0 Å². The molecule has 1 aliphatic heterocycles. The Morgan fingerprint density at radius 1 is 0.906 bits per heavy atom. The van der Waals surface area contributed by atoms with Crippen molar-refractivity contribution in [2.75, 3.05) is 26.2 Å². The number of carboxylic acids is 1. The molecule has 2 heterocycles.